The van der Waals surface area contributed by atoms with Gasteiger partial charge in [0.05, 0.1) is 6.54 Å². The molecular weight excluding hydrogens is 356 g/mol. The Bertz CT molecular complexity index is 701. The molecule has 0 aliphatic carbocycles. The van der Waals surface area contributed by atoms with Crippen LogP contribution in [-0.4, -0.2) is 44.0 Å². The molecule has 0 spiro atoms. The van der Waals surface area contributed by atoms with Crippen molar-refractivity contribution in [1.29, 1.82) is 0 Å². The largest absolute Gasteiger partial charge is 0.356 e. The first kappa shape index (κ1) is 19.3. The summed E-state index contributed by atoms with van der Waals surface area (Å²) in [6, 6.07) is 11.9. The number of hydrogen-bond acceptors (Lipinski definition) is 3. The van der Waals surface area contributed by atoms with Crippen LogP contribution in [0.4, 0.5) is 0 Å². The topological polar surface area (TPSA) is 56.7 Å². The number of guanidine groups is 1. The molecule has 1 amide bonds. The van der Waals surface area contributed by atoms with Gasteiger partial charge in [0.15, 0.2) is 5.96 Å². The predicted molar refractivity (Wildman–Crippen MR) is 105 cm³/mol. The number of carbonyl (C=O) groups is 1. The summed E-state index contributed by atoms with van der Waals surface area (Å²) >= 11 is 7.69. The molecule has 2 N–H and O–H groups in total. The van der Waals surface area contributed by atoms with Crippen LogP contribution in [0.25, 0.3) is 0 Å². The maximum atomic E-state index is 11.8. The number of nitrogens with zero attached hydrogens (tertiary/aromatic N) is 2. The van der Waals surface area contributed by atoms with Crippen molar-refractivity contribution in [2.24, 2.45) is 4.99 Å². The molecule has 0 saturated carbocycles. The number of halogens is 1. The van der Waals surface area contributed by atoms with Gasteiger partial charge in [-0.05, 0) is 35.6 Å². The van der Waals surface area contributed by atoms with Crippen molar-refractivity contribution in [2.75, 3.05) is 27.2 Å². The van der Waals surface area contributed by atoms with Gasteiger partial charge in [-0.1, -0.05) is 29.8 Å². The number of aliphatic imine (C=N–C) groups is 1. The van der Waals surface area contributed by atoms with Gasteiger partial charge in [-0.2, -0.15) is 0 Å². The number of benzene rings is 1. The van der Waals surface area contributed by atoms with Crippen molar-refractivity contribution >= 4 is 34.8 Å². The highest BCUT2D eigenvalue weighted by Gasteiger charge is 2.05. The average Bonchev–Trinajstić information content (AvgIpc) is 3.10. The van der Waals surface area contributed by atoms with Gasteiger partial charge >= 0.3 is 0 Å². The van der Waals surface area contributed by atoms with Gasteiger partial charge < -0.3 is 15.5 Å². The molecule has 0 aliphatic heterocycles. The quantitative estimate of drug-likeness (QED) is 0.575. The highest BCUT2D eigenvalue weighted by atomic mass is 35.5. The zero-order valence-corrected chi connectivity index (χ0v) is 16.0. The van der Waals surface area contributed by atoms with E-state index in [0.29, 0.717) is 19.0 Å². The standard InChI is InChI=1S/C18H23ClN4OS/c1-23(2)17(24)13-22-18(21-12-16-7-4-10-25-16)20-9-8-14-5-3-6-15(19)11-14/h3-7,10-11H,8-9,12-13H2,1-2H3,(H2,20,21,22). The Morgan fingerprint density at radius 3 is 2.76 bits per heavy atom. The number of likely N-dealkylation sites (N-methyl/N-ethyl adjacent to an activating group) is 1. The average molecular weight is 379 g/mol. The van der Waals surface area contributed by atoms with Crippen LogP contribution in [0, 0.1) is 0 Å². The van der Waals surface area contributed by atoms with Crippen molar-refractivity contribution < 1.29 is 4.79 Å². The minimum atomic E-state index is -0.0351. The van der Waals surface area contributed by atoms with Crippen LogP contribution in [0.3, 0.4) is 0 Å². The van der Waals surface area contributed by atoms with Crippen LogP contribution in [-0.2, 0) is 17.8 Å². The molecule has 0 bridgehead atoms. The molecule has 0 atom stereocenters. The Kier molecular flexibility index (Phi) is 7.76. The fraction of sp³-hybridized carbons (Fsp3) is 0.333. The summed E-state index contributed by atoms with van der Waals surface area (Å²) in [5.74, 6) is 0.595. The van der Waals surface area contributed by atoms with Crippen molar-refractivity contribution in [2.45, 2.75) is 13.0 Å². The van der Waals surface area contributed by atoms with Gasteiger partial charge in [-0.3, -0.25) is 4.79 Å². The Hall–Kier alpha value is -2.05. The Morgan fingerprint density at radius 1 is 1.24 bits per heavy atom. The van der Waals surface area contributed by atoms with Gasteiger partial charge in [0.2, 0.25) is 5.91 Å². The molecule has 1 aromatic heterocycles. The number of thiophene rings is 1. The molecule has 7 heteroatoms. The second-order valence-electron chi connectivity index (χ2n) is 5.69. The first-order valence-electron chi connectivity index (χ1n) is 8.04. The highest BCUT2D eigenvalue weighted by Crippen LogP contribution is 2.10. The molecule has 2 rings (SSSR count). The van der Waals surface area contributed by atoms with Crippen LogP contribution in [0.2, 0.25) is 5.02 Å². The van der Waals surface area contributed by atoms with Crippen LogP contribution in [0.5, 0.6) is 0 Å². The molecule has 0 fully saturated rings. The van der Waals surface area contributed by atoms with E-state index < -0.39 is 0 Å². The molecule has 0 radical (unpaired) electrons. The zero-order chi connectivity index (χ0) is 18.1. The van der Waals surface area contributed by atoms with Crippen molar-refractivity contribution in [3.8, 4) is 0 Å². The first-order valence-corrected chi connectivity index (χ1v) is 9.29. The molecule has 0 aliphatic rings. The monoisotopic (exact) mass is 378 g/mol. The molecule has 0 unspecified atom stereocenters. The van der Waals surface area contributed by atoms with Crippen LogP contribution >= 0.6 is 22.9 Å². The number of rotatable bonds is 7. The summed E-state index contributed by atoms with van der Waals surface area (Å²) in [6.07, 6.45) is 0.821. The maximum absolute atomic E-state index is 11.8. The lowest BCUT2D eigenvalue weighted by Gasteiger charge is -2.13. The van der Waals surface area contributed by atoms with Crippen molar-refractivity contribution in [3.05, 3.63) is 57.2 Å². The fourth-order valence-electron chi connectivity index (χ4n) is 2.06. The summed E-state index contributed by atoms with van der Waals surface area (Å²) in [4.78, 5) is 18.9. The third kappa shape index (κ3) is 7.15. The number of carbonyl (C=O) groups excluding carboxylic acids is 1. The molecular formula is C18H23ClN4OS. The Morgan fingerprint density at radius 2 is 2.08 bits per heavy atom. The minimum absolute atomic E-state index is 0.0351. The van der Waals surface area contributed by atoms with Gasteiger partial charge in [0.1, 0.15) is 6.54 Å². The van der Waals surface area contributed by atoms with E-state index in [1.54, 1.807) is 25.4 Å². The summed E-state index contributed by atoms with van der Waals surface area (Å²) in [5.41, 5.74) is 1.15. The lowest BCUT2D eigenvalue weighted by molar-refractivity contribution is -0.127. The fourth-order valence-corrected chi connectivity index (χ4v) is 2.92. The van der Waals surface area contributed by atoms with Crippen LogP contribution < -0.4 is 10.6 Å². The third-order valence-electron chi connectivity index (χ3n) is 3.48. The summed E-state index contributed by atoms with van der Waals surface area (Å²) in [6.45, 7) is 1.49. The van der Waals surface area contributed by atoms with E-state index in [9.17, 15) is 4.79 Å². The second kappa shape index (κ2) is 10.1. The molecule has 25 heavy (non-hydrogen) atoms. The molecule has 0 saturated heterocycles. The molecule has 1 heterocycles. The summed E-state index contributed by atoms with van der Waals surface area (Å²) in [5, 5.41) is 9.31. The molecule has 5 nitrogen and oxygen atoms in total. The highest BCUT2D eigenvalue weighted by molar-refractivity contribution is 7.09. The van der Waals surface area contributed by atoms with Crippen molar-refractivity contribution in [3.63, 3.8) is 0 Å². The summed E-state index contributed by atoms with van der Waals surface area (Å²) < 4.78 is 0. The predicted octanol–water partition coefficient (Wildman–Crippen LogP) is 2.77. The van der Waals surface area contributed by atoms with E-state index >= 15 is 0 Å². The maximum Gasteiger partial charge on any atom is 0.243 e. The van der Waals surface area contributed by atoms with E-state index in [0.717, 1.165) is 17.0 Å². The number of hydrogen-bond donors (Lipinski definition) is 2. The minimum Gasteiger partial charge on any atom is -0.356 e. The number of amides is 1. The SMILES string of the molecule is CN(C)C(=O)CN=C(NCCc1cccc(Cl)c1)NCc1cccs1. The van der Waals surface area contributed by atoms with E-state index in [4.69, 9.17) is 11.6 Å². The Labute approximate surface area is 157 Å². The van der Waals surface area contributed by atoms with Gasteiger partial charge in [0, 0.05) is 30.5 Å². The lowest BCUT2D eigenvalue weighted by atomic mass is 10.1. The van der Waals surface area contributed by atoms with E-state index in [1.165, 1.54) is 9.78 Å². The normalized spacial score (nSPS) is 11.2. The molecule has 1 aromatic carbocycles. The zero-order valence-electron chi connectivity index (χ0n) is 14.5. The van der Waals surface area contributed by atoms with E-state index in [-0.39, 0.29) is 12.5 Å². The third-order valence-corrected chi connectivity index (χ3v) is 4.59. The number of nitrogens with one attached hydrogen (secondary N) is 2. The smallest absolute Gasteiger partial charge is 0.243 e. The van der Waals surface area contributed by atoms with Gasteiger partial charge in [0.25, 0.3) is 0 Å². The van der Waals surface area contributed by atoms with Gasteiger partial charge in [-0.15, -0.1) is 11.3 Å². The van der Waals surface area contributed by atoms with Gasteiger partial charge in [-0.25, -0.2) is 4.99 Å². The molecule has 134 valence electrons. The summed E-state index contributed by atoms with van der Waals surface area (Å²) in [7, 11) is 3.45. The van der Waals surface area contributed by atoms with E-state index in [2.05, 4.69) is 21.7 Å². The van der Waals surface area contributed by atoms with Crippen LogP contribution in [0.15, 0.2) is 46.8 Å². The van der Waals surface area contributed by atoms with Crippen molar-refractivity contribution in [1.82, 2.24) is 15.5 Å². The van der Waals surface area contributed by atoms with E-state index in [1.807, 2.05) is 35.7 Å². The second-order valence-corrected chi connectivity index (χ2v) is 7.16. The Balaban J connectivity index is 1.90. The van der Waals surface area contributed by atoms with Crippen LogP contribution in [0.1, 0.15) is 10.4 Å². The lowest BCUT2D eigenvalue weighted by Crippen LogP contribution is -2.39. The first-order chi connectivity index (χ1) is 12.0. The molecule has 2 aromatic rings.